The fourth-order valence-corrected chi connectivity index (χ4v) is 1.71. The van der Waals surface area contributed by atoms with E-state index in [1.54, 1.807) is 0 Å². The number of unbranched alkanes of at least 4 members (excludes halogenated alkanes) is 4. The van der Waals surface area contributed by atoms with Crippen LogP contribution in [0.1, 0.15) is 52.4 Å². The normalized spacial score (nSPS) is 12.3. The smallest absolute Gasteiger partial charge is 0.0596 e. The third kappa shape index (κ3) is 14.1. The van der Waals surface area contributed by atoms with Gasteiger partial charge < -0.3 is 18.9 Å². The Hall–Kier alpha value is 0.110. The maximum Gasteiger partial charge on any atom is 0.0596 e. The van der Waals surface area contributed by atoms with Gasteiger partial charge in [-0.2, -0.15) is 0 Å². The van der Waals surface area contributed by atoms with Crippen molar-refractivity contribution in [3.05, 3.63) is 0 Å². The minimum absolute atomic E-state index is 0.0362. The molecule has 0 heterocycles. The van der Waals surface area contributed by atoms with Crippen LogP contribution in [0.5, 0.6) is 0 Å². The van der Waals surface area contributed by atoms with E-state index in [1.807, 2.05) is 0 Å². The van der Waals surface area contributed by atoms with E-state index < -0.39 is 7.82 Å². The van der Waals surface area contributed by atoms with E-state index in [9.17, 15) is 14.4 Å². The first-order chi connectivity index (χ1) is 6.92. The molecule has 0 spiro atoms. The second-order valence-electron chi connectivity index (χ2n) is 4.23. The summed E-state index contributed by atoms with van der Waals surface area (Å²) in [7, 11) is -4.74. The second-order valence-corrected chi connectivity index (χ2v) is 5.38. The van der Waals surface area contributed by atoms with Crippen LogP contribution in [0.3, 0.4) is 0 Å². The summed E-state index contributed by atoms with van der Waals surface area (Å²) in [6.45, 7) is 4.44. The van der Waals surface area contributed by atoms with Crippen molar-refractivity contribution in [2.24, 2.45) is 5.92 Å². The van der Waals surface area contributed by atoms with E-state index >= 15 is 0 Å². The Morgan fingerprint density at radius 2 is 1.60 bits per heavy atom. The molecule has 0 saturated carbocycles. The first-order valence-electron chi connectivity index (χ1n) is 5.58. The standard InChI is InChI=1S/C10H23O4P/c1-10(2)8-6-4-3-5-7-9-14-15(11,12)13/h10H,3-9H2,1-2H3,(H2,11,12,13)/p-2. The number of hydrogen-bond donors (Lipinski definition) is 0. The molecule has 15 heavy (non-hydrogen) atoms. The van der Waals surface area contributed by atoms with Gasteiger partial charge in [0.2, 0.25) is 0 Å². The molecule has 4 nitrogen and oxygen atoms in total. The minimum atomic E-state index is -4.74. The second kappa shape index (κ2) is 8.28. The molecule has 0 unspecified atom stereocenters. The van der Waals surface area contributed by atoms with Gasteiger partial charge in [-0.15, -0.1) is 0 Å². The van der Waals surface area contributed by atoms with Crippen LogP contribution in [0.15, 0.2) is 0 Å². The van der Waals surface area contributed by atoms with Crippen LogP contribution in [0, 0.1) is 5.92 Å². The zero-order valence-corrected chi connectivity index (χ0v) is 10.5. The number of rotatable bonds is 9. The van der Waals surface area contributed by atoms with Crippen molar-refractivity contribution in [1.29, 1.82) is 0 Å². The highest BCUT2D eigenvalue weighted by molar-refractivity contribution is 7.43. The highest BCUT2D eigenvalue weighted by Crippen LogP contribution is 2.24. The van der Waals surface area contributed by atoms with Gasteiger partial charge in [0.25, 0.3) is 0 Å². The molecule has 5 heteroatoms. The molecule has 0 fully saturated rings. The number of hydrogen-bond acceptors (Lipinski definition) is 4. The Morgan fingerprint density at radius 3 is 2.13 bits per heavy atom. The first kappa shape index (κ1) is 15.1. The Balaban J connectivity index is 3.09. The van der Waals surface area contributed by atoms with E-state index in [0.29, 0.717) is 6.42 Å². The molecule has 0 aliphatic heterocycles. The average Bonchev–Trinajstić information content (AvgIpc) is 2.07. The number of phosphoric ester groups is 1. The zero-order chi connectivity index (χ0) is 11.7. The average molecular weight is 236 g/mol. The Labute approximate surface area is 92.3 Å². The maximum absolute atomic E-state index is 10.1. The summed E-state index contributed by atoms with van der Waals surface area (Å²) in [6, 6.07) is 0. The molecule has 0 aromatic carbocycles. The van der Waals surface area contributed by atoms with Crippen LogP contribution in [0.4, 0.5) is 0 Å². The lowest BCUT2D eigenvalue weighted by molar-refractivity contribution is -0.341. The van der Waals surface area contributed by atoms with Crippen molar-refractivity contribution in [2.75, 3.05) is 6.61 Å². The van der Waals surface area contributed by atoms with Gasteiger partial charge in [-0.3, -0.25) is 0 Å². The van der Waals surface area contributed by atoms with Crippen LogP contribution >= 0.6 is 7.82 Å². The third-order valence-corrected chi connectivity index (χ3v) is 2.67. The molecule has 0 bridgehead atoms. The van der Waals surface area contributed by atoms with Gasteiger partial charge in [0.05, 0.1) is 14.4 Å². The van der Waals surface area contributed by atoms with E-state index in [2.05, 4.69) is 18.4 Å². The molecule has 0 aromatic rings. The summed E-state index contributed by atoms with van der Waals surface area (Å²) in [5.41, 5.74) is 0. The topological polar surface area (TPSA) is 72.4 Å². The predicted octanol–water partition coefficient (Wildman–Crippen LogP) is 1.83. The van der Waals surface area contributed by atoms with Crippen molar-refractivity contribution in [3.63, 3.8) is 0 Å². The Bertz CT molecular complexity index is 188. The third-order valence-electron chi connectivity index (χ3n) is 2.18. The van der Waals surface area contributed by atoms with Crippen molar-refractivity contribution in [2.45, 2.75) is 52.4 Å². The van der Waals surface area contributed by atoms with E-state index in [0.717, 1.165) is 18.8 Å². The maximum atomic E-state index is 10.1. The number of phosphoric acid groups is 1. The summed E-state index contributed by atoms with van der Waals surface area (Å²) in [5, 5.41) is 0. The highest BCUT2D eigenvalue weighted by Gasteiger charge is 1.95. The van der Waals surface area contributed by atoms with Crippen molar-refractivity contribution in [1.82, 2.24) is 0 Å². The molecule has 0 aromatic heterocycles. The van der Waals surface area contributed by atoms with Gasteiger partial charge in [-0.1, -0.05) is 46.0 Å². The minimum Gasteiger partial charge on any atom is -0.790 e. The van der Waals surface area contributed by atoms with E-state index in [4.69, 9.17) is 0 Å². The van der Waals surface area contributed by atoms with Gasteiger partial charge in [-0.05, 0) is 12.3 Å². The lowest BCUT2D eigenvalue weighted by Gasteiger charge is -2.28. The first-order valence-corrected chi connectivity index (χ1v) is 7.04. The molecule has 0 aliphatic carbocycles. The molecule has 0 radical (unpaired) electrons. The van der Waals surface area contributed by atoms with Crippen LogP contribution < -0.4 is 9.79 Å². The van der Waals surface area contributed by atoms with Crippen LogP contribution in [0.25, 0.3) is 0 Å². The fourth-order valence-electron chi connectivity index (χ4n) is 1.36. The molecular formula is C10H21O4P-2. The predicted molar refractivity (Wildman–Crippen MR) is 56.1 cm³/mol. The molecule has 0 N–H and O–H groups in total. The lowest BCUT2D eigenvalue weighted by Crippen LogP contribution is -2.16. The van der Waals surface area contributed by atoms with Crippen LogP contribution in [-0.2, 0) is 9.09 Å². The summed E-state index contributed by atoms with van der Waals surface area (Å²) in [5.74, 6) is 0.750. The quantitative estimate of drug-likeness (QED) is 0.452. The fraction of sp³-hybridized carbons (Fsp3) is 1.00. The van der Waals surface area contributed by atoms with Gasteiger partial charge in [0.1, 0.15) is 0 Å². The molecule has 0 atom stereocenters. The lowest BCUT2D eigenvalue weighted by atomic mass is 10.0. The largest absolute Gasteiger partial charge is 0.790 e. The van der Waals surface area contributed by atoms with Crippen LogP contribution in [-0.4, -0.2) is 6.61 Å². The molecular weight excluding hydrogens is 215 g/mol. The molecule has 0 rings (SSSR count). The van der Waals surface area contributed by atoms with Gasteiger partial charge in [0.15, 0.2) is 0 Å². The van der Waals surface area contributed by atoms with E-state index in [-0.39, 0.29) is 6.61 Å². The molecule has 0 saturated heterocycles. The van der Waals surface area contributed by atoms with Crippen molar-refractivity contribution < 1.29 is 18.9 Å². The molecule has 0 amide bonds. The monoisotopic (exact) mass is 236 g/mol. The summed E-state index contributed by atoms with van der Waals surface area (Å²) in [4.78, 5) is 20.2. The van der Waals surface area contributed by atoms with Gasteiger partial charge in [0, 0.05) is 0 Å². The molecule has 92 valence electrons. The van der Waals surface area contributed by atoms with Gasteiger partial charge in [-0.25, -0.2) is 0 Å². The van der Waals surface area contributed by atoms with Crippen molar-refractivity contribution in [3.8, 4) is 0 Å². The SMILES string of the molecule is CC(C)CCCCCCCOP(=O)([O-])[O-]. The van der Waals surface area contributed by atoms with E-state index in [1.165, 1.54) is 19.3 Å². The summed E-state index contributed by atoms with van der Waals surface area (Å²) >= 11 is 0. The van der Waals surface area contributed by atoms with Crippen LogP contribution in [0.2, 0.25) is 0 Å². The summed E-state index contributed by atoms with van der Waals surface area (Å²) < 4.78 is 14.2. The van der Waals surface area contributed by atoms with Gasteiger partial charge >= 0.3 is 0 Å². The highest BCUT2D eigenvalue weighted by atomic mass is 31.2. The zero-order valence-electron chi connectivity index (χ0n) is 9.61. The summed E-state index contributed by atoms with van der Waals surface area (Å²) in [6.07, 6.45) is 6.30. The Morgan fingerprint density at radius 1 is 1.07 bits per heavy atom. The molecule has 0 aliphatic rings. The van der Waals surface area contributed by atoms with Crippen molar-refractivity contribution >= 4 is 7.82 Å². The Kier molecular flexibility index (Phi) is 8.34.